The van der Waals surface area contributed by atoms with Crippen molar-refractivity contribution in [3.05, 3.63) is 48.0 Å². The van der Waals surface area contributed by atoms with Crippen LogP contribution in [0, 0.1) is 5.92 Å². The minimum absolute atomic E-state index is 0.0816. The van der Waals surface area contributed by atoms with Crippen molar-refractivity contribution in [2.24, 2.45) is 5.92 Å². The van der Waals surface area contributed by atoms with Gasteiger partial charge in [-0.1, -0.05) is 42.5 Å². The van der Waals surface area contributed by atoms with Gasteiger partial charge in [0.05, 0.1) is 13.5 Å². The van der Waals surface area contributed by atoms with Gasteiger partial charge in [-0.15, -0.1) is 0 Å². The molecule has 1 fully saturated rings. The van der Waals surface area contributed by atoms with Gasteiger partial charge in [0.15, 0.2) is 0 Å². The molecule has 0 aliphatic carbocycles. The summed E-state index contributed by atoms with van der Waals surface area (Å²) >= 11 is 0. The molecule has 29 heavy (non-hydrogen) atoms. The van der Waals surface area contributed by atoms with E-state index in [4.69, 9.17) is 4.74 Å². The quantitative estimate of drug-likeness (QED) is 0.677. The number of rotatable bonds is 5. The highest BCUT2D eigenvalue weighted by Crippen LogP contribution is 2.34. The molecule has 0 aromatic heterocycles. The molecule has 1 amide bonds. The number of esters is 1. The topological polar surface area (TPSA) is 46.6 Å². The maximum Gasteiger partial charge on any atom is 0.471 e. The zero-order valence-corrected chi connectivity index (χ0v) is 16.2. The number of amides is 1. The summed E-state index contributed by atoms with van der Waals surface area (Å²) in [5.74, 6) is -2.01. The largest absolute Gasteiger partial charge is 0.471 e. The van der Waals surface area contributed by atoms with Crippen LogP contribution in [0.25, 0.3) is 10.8 Å². The molecule has 2 aromatic carbocycles. The Morgan fingerprint density at radius 1 is 1.10 bits per heavy atom. The number of methoxy groups -OCH3 is 1. The van der Waals surface area contributed by atoms with Crippen molar-refractivity contribution in [2.45, 2.75) is 37.8 Å². The Hall–Kier alpha value is -2.57. The molecule has 0 N–H and O–H groups in total. The first-order valence-corrected chi connectivity index (χ1v) is 9.69. The van der Waals surface area contributed by atoms with Gasteiger partial charge in [-0.3, -0.25) is 9.59 Å². The monoisotopic (exact) mass is 407 g/mol. The minimum atomic E-state index is -4.83. The molecule has 2 aromatic rings. The predicted molar refractivity (Wildman–Crippen MR) is 103 cm³/mol. The number of ether oxygens (including phenoxy) is 1. The number of likely N-dealkylation sites (tertiary alicyclic amines) is 1. The molecule has 7 heteroatoms. The van der Waals surface area contributed by atoms with Crippen LogP contribution in [0.1, 0.15) is 37.2 Å². The fourth-order valence-electron chi connectivity index (χ4n) is 4.04. The molecular weight excluding hydrogens is 383 g/mol. The zero-order chi connectivity index (χ0) is 21.0. The summed E-state index contributed by atoms with van der Waals surface area (Å²) in [6.07, 6.45) is -2.95. The number of carbonyl (C=O) groups is 2. The van der Waals surface area contributed by atoms with Crippen molar-refractivity contribution in [2.75, 3.05) is 20.2 Å². The van der Waals surface area contributed by atoms with Crippen LogP contribution in [0.15, 0.2) is 42.5 Å². The summed E-state index contributed by atoms with van der Waals surface area (Å²) in [6, 6.07) is 14.0. The van der Waals surface area contributed by atoms with Crippen LogP contribution in [0.5, 0.6) is 0 Å². The highest BCUT2D eigenvalue weighted by molar-refractivity contribution is 5.83. The van der Waals surface area contributed by atoms with Crippen molar-refractivity contribution in [3.8, 4) is 0 Å². The Bertz CT molecular complexity index is 873. The summed E-state index contributed by atoms with van der Waals surface area (Å²) in [5.41, 5.74) is 1.02. The first-order valence-electron chi connectivity index (χ1n) is 9.69. The molecule has 3 rings (SSSR count). The van der Waals surface area contributed by atoms with Gasteiger partial charge in [0.1, 0.15) is 0 Å². The summed E-state index contributed by atoms with van der Waals surface area (Å²) < 4.78 is 42.7. The van der Waals surface area contributed by atoms with E-state index in [1.54, 1.807) is 0 Å². The van der Waals surface area contributed by atoms with Gasteiger partial charge >= 0.3 is 18.1 Å². The highest BCUT2D eigenvalue weighted by atomic mass is 19.4. The van der Waals surface area contributed by atoms with Crippen molar-refractivity contribution in [1.29, 1.82) is 0 Å². The summed E-state index contributed by atoms with van der Waals surface area (Å²) in [6.45, 7) is 0.178. The molecule has 1 aliphatic heterocycles. The van der Waals surface area contributed by atoms with E-state index in [0.29, 0.717) is 19.3 Å². The van der Waals surface area contributed by atoms with Crippen LogP contribution in [-0.4, -0.2) is 43.2 Å². The molecular formula is C22H24F3NO3. The Balaban J connectivity index is 1.71. The number of fused-ring (bicyclic) bond motifs is 1. The Morgan fingerprint density at radius 3 is 2.38 bits per heavy atom. The number of hydrogen-bond acceptors (Lipinski definition) is 3. The lowest BCUT2D eigenvalue weighted by atomic mass is 9.82. The van der Waals surface area contributed by atoms with Crippen LogP contribution in [0.2, 0.25) is 0 Å². The van der Waals surface area contributed by atoms with E-state index in [2.05, 4.69) is 6.07 Å². The Labute approximate surface area is 167 Å². The third kappa shape index (κ3) is 5.28. The smallest absolute Gasteiger partial charge is 0.469 e. The molecule has 4 nitrogen and oxygen atoms in total. The maximum atomic E-state index is 12.6. The van der Waals surface area contributed by atoms with Crippen LogP contribution in [0.3, 0.4) is 0 Å². The minimum Gasteiger partial charge on any atom is -0.469 e. The van der Waals surface area contributed by atoms with E-state index in [0.717, 1.165) is 21.2 Å². The van der Waals surface area contributed by atoms with E-state index in [1.807, 2.05) is 36.4 Å². The highest BCUT2D eigenvalue weighted by Gasteiger charge is 2.43. The van der Waals surface area contributed by atoms with Crippen LogP contribution in [0.4, 0.5) is 13.2 Å². The lowest BCUT2D eigenvalue weighted by molar-refractivity contribution is -0.186. The number of alkyl halides is 3. The Kier molecular flexibility index (Phi) is 6.45. The second-order valence-electron chi connectivity index (χ2n) is 7.55. The van der Waals surface area contributed by atoms with Crippen molar-refractivity contribution >= 4 is 22.6 Å². The van der Waals surface area contributed by atoms with Crippen molar-refractivity contribution in [3.63, 3.8) is 0 Å². The summed E-state index contributed by atoms with van der Waals surface area (Å²) in [5, 5.41) is 2.18. The van der Waals surface area contributed by atoms with E-state index in [9.17, 15) is 22.8 Å². The molecule has 0 spiro atoms. The average Bonchev–Trinajstić information content (AvgIpc) is 2.72. The van der Waals surface area contributed by atoms with Crippen molar-refractivity contribution < 1.29 is 27.5 Å². The number of nitrogens with zero attached hydrogens (tertiary/aromatic N) is 1. The normalized spacial score (nSPS) is 16.6. The number of piperidine rings is 1. The summed E-state index contributed by atoms with van der Waals surface area (Å²) in [7, 11) is 1.35. The van der Waals surface area contributed by atoms with Gasteiger partial charge in [-0.05, 0) is 47.4 Å². The fraction of sp³-hybridized carbons (Fsp3) is 0.455. The molecule has 0 saturated carbocycles. The number of hydrogen-bond donors (Lipinski definition) is 0. The molecule has 156 valence electrons. The van der Waals surface area contributed by atoms with Gasteiger partial charge in [0.2, 0.25) is 0 Å². The first kappa shape index (κ1) is 21.1. The third-order valence-electron chi connectivity index (χ3n) is 5.65. The average molecular weight is 407 g/mol. The molecule has 1 aliphatic rings. The first-order chi connectivity index (χ1) is 13.8. The fourth-order valence-corrected chi connectivity index (χ4v) is 4.04. The third-order valence-corrected chi connectivity index (χ3v) is 5.65. The molecule has 0 bridgehead atoms. The lowest BCUT2D eigenvalue weighted by Crippen LogP contribution is -2.45. The number of carbonyl (C=O) groups excluding carboxylic acids is 2. The number of halogens is 3. The standard InChI is InChI=1S/C22H24F3NO3/c1-29-20(27)14-19(18-7-6-16-4-2-3-5-17(16)13-18)12-15-8-10-26(11-9-15)21(28)22(23,24)25/h2-7,13,15,19H,8-12,14H2,1H3. The second-order valence-corrected chi connectivity index (χ2v) is 7.55. The summed E-state index contributed by atoms with van der Waals surface area (Å²) in [4.78, 5) is 24.2. The lowest BCUT2D eigenvalue weighted by Gasteiger charge is -2.34. The molecule has 0 radical (unpaired) electrons. The van der Waals surface area contributed by atoms with E-state index in [-0.39, 0.29) is 37.3 Å². The number of benzene rings is 2. The molecule has 1 saturated heterocycles. The van der Waals surface area contributed by atoms with Crippen LogP contribution >= 0.6 is 0 Å². The maximum absolute atomic E-state index is 12.6. The molecule has 1 heterocycles. The zero-order valence-electron chi connectivity index (χ0n) is 16.2. The predicted octanol–water partition coefficient (Wildman–Crippen LogP) is 4.68. The van der Waals surface area contributed by atoms with E-state index >= 15 is 0 Å². The van der Waals surface area contributed by atoms with Crippen molar-refractivity contribution in [1.82, 2.24) is 4.90 Å². The van der Waals surface area contributed by atoms with Gasteiger partial charge < -0.3 is 9.64 Å². The van der Waals surface area contributed by atoms with Crippen LogP contribution in [-0.2, 0) is 14.3 Å². The molecule has 1 unspecified atom stereocenters. The Morgan fingerprint density at radius 2 is 1.76 bits per heavy atom. The second kappa shape index (κ2) is 8.84. The van der Waals surface area contributed by atoms with Gasteiger partial charge in [0.25, 0.3) is 0 Å². The van der Waals surface area contributed by atoms with Gasteiger partial charge in [-0.25, -0.2) is 0 Å². The molecule has 1 atom stereocenters. The van der Waals surface area contributed by atoms with Gasteiger partial charge in [0, 0.05) is 13.1 Å². The van der Waals surface area contributed by atoms with E-state index < -0.39 is 12.1 Å². The van der Waals surface area contributed by atoms with Crippen LogP contribution < -0.4 is 0 Å². The SMILES string of the molecule is COC(=O)CC(CC1CCN(C(=O)C(F)(F)F)CC1)c1ccc2ccccc2c1. The van der Waals surface area contributed by atoms with Gasteiger partial charge in [-0.2, -0.15) is 13.2 Å². The van der Waals surface area contributed by atoms with E-state index in [1.165, 1.54) is 7.11 Å².